The number of halogens is 4. The monoisotopic (exact) mass is 652 g/mol. The van der Waals surface area contributed by atoms with Gasteiger partial charge in [0.25, 0.3) is 0 Å². The van der Waals surface area contributed by atoms with Crippen molar-refractivity contribution in [1.29, 1.82) is 5.26 Å². The lowest BCUT2D eigenvalue weighted by Gasteiger charge is -2.44. The van der Waals surface area contributed by atoms with Crippen molar-refractivity contribution in [1.82, 2.24) is 9.78 Å². The number of fused-ring (bicyclic) bond motifs is 1. The molecule has 2 aliphatic rings. The number of hydrogen-bond acceptors (Lipinski definition) is 4. The molecule has 5 nitrogen and oxygen atoms in total. The van der Waals surface area contributed by atoms with Crippen LogP contribution in [0.2, 0.25) is 15.2 Å². The number of anilines is 1. The Morgan fingerprint density at radius 2 is 1.83 bits per heavy atom. The molecule has 2 aromatic carbocycles. The number of β-lactam (4-membered cyclic amide) rings is 1. The number of rotatable bonds is 5. The maximum atomic E-state index is 13.1. The molecular formula is C32H24Cl4N4OS. The van der Waals surface area contributed by atoms with Crippen molar-refractivity contribution in [2.24, 2.45) is 0 Å². The summed E-state index contributed by atoms with van der Waals surface area (Å²) in [6.45, 7) is 6.23. The molecule has 42 heavy (non-hydrogen) atoms. The van der Waals surface area contributed by atoms with Crippen molar-refractivity contribution < 1.29 is 4.79 Å². The first-order valence-electron chi connectivity index (χ1n) is 13.2. The predicted octanol–water partition coefficient (Wildman–Crippen LogP) is 9.55. The number of carbonyl (C=O) groups is 1. The molecule has 10 heteroatoms. The lowest BCUT2D eigenvalue weighted by molar-refractivity contribution is -0.123. The van der Waals surface area contributed by atoms with E-state index in [1.807, 2.05) is 61.5 Å². The first-order chi connectivity index (χ1) is 20.0. The highest BCUT2D eigenvalue weighted by Gasteiger charge is 2.50. The molecule has 3 heterocycles. The predicted molar refractivity (Wildman–Crippen MR) is 173 cm³/mol. The van der Waals surface area contributed by atoms with Crippen molar-refractivity contribution in [3.8, 4) is 11.8 Å². The van der Waals surface area contributed by atoms with Crippen molar-refractivity contribution in [3.05, 3.63) is 108 Å². The summed E-state index contributed by atoms with van der Waals surface area (Å²) < 4.78 is 1.73. The molecule has 2 unspecified atom stereocenters. The zero-order chi connectivity index (χ0) is 29.9. The molecule has 1 aliphatic heterocycles. The van der Waals surface area contributed by atoms with Crippen molar-refractivity contribution in [2.75, 3.05) is 4.90 Å². The Balaban J connectivity index is 1.38. The van der Waals surface area contributed by atoms with E-state index in [9.17, 15) is 10.1 Å². The number of hydrogen-bond donors (Lipinski definition) is 0. The lowest BCUT2D eigenvalue weighted by atomic mass is 9.77. The normalized spacial score (nSPS) is 19.4. The Morgan fingerprint density at radius 1 is 1.10 bits per heavy atom. The highest BCUT2D eigenvalue weighted by atomic mass is 35.5. The van der Waals surface area contributed by atoms with Gasteiger partial charge in [0.2, 0.25) is 5.91 Å². The molecule has 2 aromatic heterocycles. The number of aryl methyl sites for hydroxylation is 1. The molecule has 0 radical (unpaired) electrons. The summed E-state index contributed by atoms with van der Waals surface area (Å²) in [5, 5.41) is 16.1. The van der Waals surface area contributed by atoms with E-state index in [1.165, 1.54) is 11.3 Å². The molecule has 1 saturated heterocycles. The van der Waals surface area contributed by atoms with Gasteiger partial charge in [-0.3, -0.25) is 9.69 Å². The minimum absolute atomic E-state index is 0.245. The van der Waals surface area contributed by atoms with Crippen LogP contribution in [0.1, 0.15) is 59.1 Å². The van der Waals surface area contributed by atoms with Gasteiger partial charge in [0.05, 0.1) is 33.0 Å². The van der Waals surface area contributed by atoms with Crippen LogP contribution >= 0.6 is 57.7 Å². The number of allylic oxidation sites excluding steroid dienone is 2. The molecule has 0 spiro atoms. The maximum absolute atomic E-state index is 13.1. The van der Waals surface area contributed by atoms with Gasteiger partial charge in [-0.1, -0.05) is 79.0 Å². The van der Waals surface area contributed by atoms with E-state index in [1.54, 1.807) is 21.7 Å². The second-order valence-corrected chi connectivity index (χ2v) is 13.7. The third-order valence-corrected chi connectivity index (χ3v) is 10.8. The summed E-state index contributed by atoms with van der Waals surface area (Å²) in [5.41, 5.74) is 5.35. The van der Waals surface area contributed by atoms with Crippen LogP contribution in [0.3, 0.4) is 0 Å². The average molecular weight is 654 g/mol. The molecule has 212 valence electrons. The van der Waals surface area contributed by atoms with Crippen LogP contribution in [-0.4, -0.2) is 21.1 Å². The van der Waals surface area contributed by atoms with Gasteiger partial charge in [-0.25, -0.2) is 4.68 Å². The fraction of sp³-hybridized carbons (Fsp3) is 0.219. The van der Waals surface area contributed by atoms with Crippen LogP contribution < -0.4 is 4.90 Å². The second kappa shape index (κ2) is 10.9. The Bertz CT molecular complexity index is 1850. The summed E-state index contributed by atoms with van der Waals surface area (Å²) in [4.78, 5) is 15.8. The zero-order valence-electron chi connectivity index (χ0n) is 22.8. The molecule has 0 bridgehead atoms. The van der Waals surface area contributed by atoms with Gasteiger partial charge in [0, 0.05) is 21.4 Å². The Morgan fingerprint density at radius 3 is 2.52 bits per heavy atom. The quantitative estimate of drug-likeness (QED) is 0.159. The van der Waals surface area contributed by atoms with Crippen LogP contribution in [0.5, 0.6) is 0 Å². The topological polar surface area (TPSA) is 61.9 Å². The molecular weight excluding hydrogens is 630 g/mol. The smallest absolute Gasteiger partial charge is 0.248 e. The summed E-state index contributed by atoms with van der Waals surface area (Å²) in [6, 6.07) is 16.9. The van der Waals surface area contributed by atoms with Crippen LogP contribution in [0, 0.1) is 18.3 Å². The van der Waals surface area contributed by atoms with Crippen molar-refractivity contribution in [2.45, 2.75) is 44.0 Å². The highest BCUT2D eigenvalue weighted by Crippen LogP contribution is 2.53. The zero-order valence-corrected chi connectivity index (χ0v) is 26.7. The van der Waals surface area contributed by atoms with E-state index < -0.39 is 11.4 Å². The standard InChI is InChI=1S/C32H24Cl4N4OS/c1-17-21(29(36)40(38-17)20-7-5-4-6-8-20)11-9-18-13-22-23(16-37)31(42-28(22)32(2,3)15-18)39-27(26(35)30(39)41)19-10-12-24(33)25(34)14-19/h4-14,26-27H,15H2,1-3H3/b11-9-. The summed E-state index contributed by atoms with van der Waals surface area (Å²) in [6.07, 6.45) is 6.80. The molecule has 4 aromatic rings. The number of alkyl halides is 1. The second-order valence-electron chi connectivity index (χ2n) is 11.0. The first kappa shape index (κ1) is 29.0. The molecule has 0 N–H and O–H groups in total. The number of nitriles is 1. The number of para-hydroxylation sites is 1. The molecule has 6 rings (SSSR count). The maximum Gasteiger partial charge on any atom is 0.248 e. The van der Waals surface area contributed by atoms with Crippen molar-refractivity contribution >= 4 is 80.8 Å². The molecule has 1 amide bonds. The first-order valence-corrected chi connectivity index (χ1v) is 15.6. The van der Waals surface area contributed by atoms with E-state index in [0.717, 1.165) is 44.9 Å². The number of carbonyl (C=O) groups excluding carboxylic acids is 1. The van der Waals surface area contributed by atoms with E-state index in [2.05, 4.69) is 25.0 Å². The van der Waals surface area contributed by atoms with Crippen molar-refractivity contribution in [3.63, 3.8) is 0 Å². The molecule has 1 fully saturated rings. The van der Waals surface area contributed by atoms with Crippen LogP contribution in [-0.2, 0) is 10.2 Å². The fourth-order valence-electron chi connectivity index (χ4n) is 5.61. The third kappa shape index (κ3) is 4.78. The van der Waals surface area contributed by atoms with Gasteiger partial charge < -0.3 is 0 Å². The van der Waals surface area contributed by atoms with E-state index in [0.29, 0.717) is 25.8 Å². The summed E-state index contributed by atoms with van der Waals surface area (Å²) >= 11 is 27.2. The van der Waals surface area contributed by atoms with Gasteiger partial charge in [-0.15, -0.1) is 22.9 Å². The van der Waals surface area contributed by atoms with Gasteiger partial charge in [0.1, 0.15) is 21.6 Å². The average Bonchev–Trinajstić information content (AvgIpc) is 3.47. The third-order valence-electron chi connectivity index (χ3n) is 7.67. The molecule has 2 atom stereocenters. The minimum atomic E-state index is -0.764. The minimum Gasteiger partial charge on any atom is -0.292 e. The van der Waals surface area contributed by atoms with E-state index >= 15 is 0 Å². The molecule has 1 aliphatic carbocycles. The van der Waals surface area contributed by atoms with Gasteiger partial charge >= 0.3 is 0 Å². The SMILES string of the molecule is Cc1nn(-c2ccccc2)c(Cl)c1/C=C\C1=Cc2c(sc(N3C(=O)C(Cl)C3c3ccc(Cl)c(Cl)c3)c2C#N)C(C)(C)C1. The largest absolute Gasteiger partial charge is 0.292 e. The number of aromatic nitrogens is 2. The van der Waals surface area contributed by atoms with Gasteiger partial charge in [0.15, 0.2) is 0 Å². The summed E-state index contributed by atoms with van der Waals surface area (Å²) in [7, 11) is 0. The highest BCUT2D eigenvalue weighted by molar-refractivity contribution is 7.17. The number of benzene rings is 2. The van der Waals surface area contributed by atoms with Crippen LogP contribution in [0.25, 0.3) is 17.8 Å². The Hall–Kier alpha value is -3.05. The molecule has 0 saturated carbocycles. The van der Waals surface area contributed by atoms with Gasteiger partial charge in [-0.2, -0.15) is 10.4 Å². The fourth-order valence-corrected chi connectivity index (χ4v) is 7.99. The lowest BCUT2D eigenvalue weighted by Crippen LogP contribution is -2.56. The van der Waals surface area contributed by atoms with Crippen LogP contribution in [0.15, 0.2) is 60.2 Å². The number of nitrogens with zero attached hydrogens (tertiary/aromatic N) is 4. The van der Waals surface area contributed by atoms with Gasteiger partial charge in [-0.05, 0) is 60.9 Å². The summed E-state index contributed by atoms with van der Waals surface area (Å²) in [5.74, 6) is -0.245. The van der Waals surface area contributed by atoms with Crippen LogP contribution in [0.4, 0.5) is 5.00 Å². The van der Waals surface area contributed by atoms with E-state index in [-0.39, 0.29) is 11.3 Å². The Kier molecular flexibility index (Phi) is 7.54. The van der Waals surface area contributed by atoms with E-state index in [4.69, 9.17) is 46.4 Å². The Labute approximate surface area is 268 Å². The number of amides is 1. The number of thiophene rings is 1.